The number of amides is 1. The van der Waals surface area contributed by atoms with Crippen molar-refractivity contribution in [2.24, 2.45) is 0 Å². The number of fused-ring (bicyclic) bond motifs is 1. The summed E-state index contributed by atoms with van der Waals surface area (Å²) in [5.41, 5.74) is 1.49. The molecule has 0 bridgehead atoms. The second-order valence-electron chi connectivity index (χ2n) is 5.53. The molecular weight excluding hydrogens is 356 g/mol. The van der Waals surface area contributed by atoms with E-state index in [-0.39, 0.29) is 17.9 Å². The summed E-state index contributed by atoms with van der Waals surface area (Å²) < 4.78 is 14.4. The summed E-state index contributed by atoms with van der Waals surface area (Å²) in [4.78, 5) is 30.8. The summed E-state index contributed by atoms with van der Waals surface area (Å²) in [6.45, 7) is 0.459. The number of hydrogen-bond donors (Lipinski definition) is 2. The molecule has 136 valence electrons. The van der Waals surface area contributed by atoms with Crippen LogP contribution < -0.4 is 20.3 Å². The van der Waals surface area contributed by atoms with Crippen LogP contribution in [-0.2, 0) is 17.6 Å². The van der Waals surface area contributed by atoms with E-state index in [0.29, 0.717) is 41.3 Å². The first-order chi connectivity index (χ1) is 12.6. The van der Waals surface area contributed by atoms with Gasteiger partial charge in [0, 0.05) is 11.9 Å². The molecule has 0 aliphatic heterocycles. The smallest absolute Gasteiger partial charge is 0.278 e. The van der Waals surface area contributed by atoms with Crippen LogP contribution in [0.2, 0.25) is 0 Å². The van der Waals surface area contributed by atoms with Crippen molar-refractivity contribution in [3.05, 3.63) is 45.3 Å². The molecule has 0 aliphatic carbocycles. The Balaban J connectivity index is 1.56. The van der Waals surface area contributed by atoms with E-state index in [2.05, 4.69) is 19.7 Å². The van der Waals surface area contributed by atoms with Crippen LogP contribution in [0.25, 0.3) is 11.0 Å². The third kappa shape index (κ3) is 3.99. The highest BCUT2D eigenvalue weighted by atomic mass is 32.1. The van der Waals surface area contributed by atoms with Crippen LogP contribution in [0.15, 0.2) is 28.4 Å². The van der Waals surface area contributed by atoms with Gasteiger partial charge in [-0.3, -0.25) is 9.59 Å². The van der Waals surface area contributed by atoms with E-state index in [0.717, 1.165) is 17.1 Å². The van der Waals surface area contributed by atoms with Gasteiger partial charge in [-0.1, -0.05) is 6.07 Å². The zero-order valence-electron chi connectivity index (χ0n) is 14.4. The van der Waals surface area contributed by atoms with E-state index >= 15 is 0 Å². The van der Waals surface area contributed by atoms with Crippen LogP contribution in [0.4, 0.5) is 0 Å². The van der Waals surface area contributed by atoms with Gasteiger partial charge in [0.2, 0.25) is 5.91 Å². The fraction of sp³-hybridized carbons (Fsp3) is 0.294. The molecule has 0 saturated heterocycles. The van der Waals surface area contributed by atoms with Gasteiger partial charge in [-0.25, -0.2) is 4.98 Å². The minimum absolute atomic E-state index is 0.00691. The molecule has 1 amide bonds. The Morgan fingerprint density at radius 3 is 2.85 bits per heavy atom. The normalized spacial score (nSPS) is 10.7. The summed E-state index contributed by atoms with van der Waals surface area (Å²) in [5.74, 6) is 1.42. The Kier molecular flexibility index (Phi) is 5.47. The molecule has 9 heteroatoms. The maximum atomic E-state index is 12.1. The van der Waals surface area contributed by atoms with Gasteiger partial charge in [-0.05, 0) is 35.6 Å². The van der Waals surface area contributed by atoms with Gasteiger partial charge in [0.15, 0.2) is 17.0 Å². The van der Waals surface area contributed by atoms with Gasteiger partial charge in [0.1, 0.15) is 11.3 Å². The molecule has 0 spiro atoms. The van der Waals surface area contributed by atoms with E-state index in [1.165, 1.54) is 0 Å². The molecule has 1 aromatic carbocycles. The summed E-state index contributed by atoms with van der Waals surface area (Å²) in [7, 11) is 3.16. The van der Waals surface area contributed by atoms with Crippen LogP contribution in [0, 0.1) is 0 Å². The lowest BCUT2D eigenvalue weighted by Gasteiger charge is -2.10. The Hall–Kier alpha value is -2.94. The number of benzene rings is 1. The largest absolute Gasteiger partial charge is 0.493 e. The SMILES string of the molecule is COc1ccc(CCNC(=O)Cc2nc3csnc3c(=O)[nH]2)cc1OC. The fourth-order valence-corrected chi connectivity index (χ4v) is 3.11. The zero-order valence-corrected chi connectivity index (χ0v) is 15.2. The highest BCUT2D eigenvalue weighted by Crippen LogP contribution is 2.27. The molecule has 0 fully saturated rings. The molecular formula is C17H18N4O4S. The summed E-state index contributed by atoms with van der Waals surface area (Å²) >= 11 is 1.16. The van der Waals surface area contributed by atoms with Crippen LogP contribution in [0.1, 0.15) is 11.4 Å². The molecule has 0 radical (unpaired) electrons. The number of carbonyl (C=O) groups excluding carboxylic acids is 1. The van der Waals surface area contributed by atoms with Crippen molar-refractivity contribution in [3.63, 3.8) is 0 Å². The maximum Gasteiger partial charge on any atom is 0.278 e. The summed E-state index contributed by atoms with van der Waals surface area (Å²) in [6, 6.07) is 5.63. The number of aromatic amines is 1. The van der Waals surface area contributed by atoms with Gasteiger partial charge < -0.3 is 19.8 Å². The quantitative estimate of drug-likeness (QED) is 0.646. The van der Waals surface area contributed by atoms with E-state index in [9.17, 15) is 9.59 Å². The molecule has 0 atom stereocenters. The molecule has 3 aromatic rings. The topological polar surface area (TPSA) is 106 Å². The summed E-state index contributed by atoms with van der Waals surface area (Å²) in [6.07, 6.45) is 0.649. The van der Waals surface area contributed by atoms with E-state index in [1.807, 2.05) is 18.2 Å². The predicted octanol–water partition coefficient (Wildman–Crippen LogP) is 1.30. The van der Waals surface area contributed by atoms with Crippen molar-refractivity contribution in [3.8, 4) is 11.5 Å². The van der Waals surface area contributed by atoms with Crippen LogP contribution in [0.5, 0.6) is 11.5 Å². The predicted molar refractivity (Wildman–Crippen MR) is 98.0 cm³/mol. The molecule has 0 unspecified atom stereocenters. The highest BCUT2D eigenvalue weighted by Gasteiger charge is 2.10. The minimum atomic E-state index is -0.329. The van der Waals surface area contributed by atoms with Gasteiger partial charge in [-0.15, -0.1) is 0 Å². The molecule has 2 heterocycles. The molecule has 0 saturated carbocycles. The van der Waals surface area contributed by atoms with Crippen molar-refractivity contribution in [1.82, 2.24) is 19.7 Å². The molecule has 0 aliphatic rings. The average molecular weight is 374 g/mol. The van der Waals surface area contributed by atoms with Gasteiger partial charge in [0.05, 0.1) is 20.6 Å². The first-order valence-corrected chi connectivity index (χ1v) is 8.75. The first-order valence-electron chi connectivity index (χ1n) is 7.91. The molecule has 3 rings (SSSR count). The van der Waals surface area contributed by atoms with Crippen molar-refractivity contribution >= 4 is 28.5 Å². The number of carbonyl (C=O) groups is 1. The monoisotopic (exact) mass is 374 g/mol. The van der Waals surface area contributed by atoms with E-state index in [1.54, 1.807) is 19.6 Å². The number of nitrogens with zero attached hydrogens (tertiary/aromatic N) is 2. The van der Waals surface area contributed by atoms with Crippen molar-refractivity contribution in [2.45, 2.75) is 12.8 Å². The van der Waals surface area contributed by atoms with Gasteiger partial charge >= 0.3 is 0 Å². The lowest BCUT2D eigenvalue weighted by molar-refractivity contribution is -0.120. The number of methoxy groups -OCH3 is 2. The molecule has 26 heavy (non-hydrogen) atoms. The lowest BCUT2D eigenvalue weighted by Crippen LogP contribution is -2.28. The lowest BCUT2D eigenvalue weighted by atomic mass is 10.1. The van der Waals surface area contributed by atoms with Gasteiger partial charge in [-0.2, -0.15) is 4.37 Å². The zero-order chi connectivity index (χ0) is 18.5. The average Bonchev–Trinajstić information content (AvgIpc) is 3.10. The van der Waals surface area contributed by atoms with Crippen molar-refractivity contribution < 1.29 is 14.3 Å². The standard InChI is InChI=1S/C17H18N4O4S/c1-24-12-4-3-10(7-13(12)25-2)5-6-18-15(22)8-14-19-11-9-26-21-16(11)17(23)20-14/h3-4,7,9H,5-6,8H2,1-2H3,(H,18,22)(H,19,20,23). The maximum absolute atomic E-state index is 12.1. The Labute approximate surface area is 153 Å². The third-order valence-corrected chi connectivity index (χ3v) is 4.41. The van der Waals surface area contributed by atoms with Crippen LogP contribution in [-0.4, -0.2) is 41.0 Å². The van der Waals surface area contributed by atoms with Crippen LogP contribution in [0.3, 0.4) is 0 Å². The van der Waals surface area contributed by atoms with Crippen molar-refractivity contribution in [2.75, 3.05) is 20.8 Å². The number of H-pyrrole nitrogens is 1. The second-order valence-corrected chi connectivity index (χ2v) is 6.16. The number of rotatable bonds is 7. The Morgan fingerprint density at radius 2 is 2.08 bits per heavy atom. The number of aromatic nitrogens is 3. The number of ether oxygens (including phenoxy) is 2. The minimum Gasteiger partial charge on any atom is -0.493 e. The van der Waals surface area contributed by atoms with E-state index in [4.69, 9.17) is 9.47 Å². The van der Waals surface area contributed by atoms with Crippen LogP contribution >= 0.6 is 11.5 Å². The fourth-order valence-electron chi connectivity index (χ4n) is 2.51. The number of nitrogens with one attached hydrogen (secondary N) is 2. The second kappa shape index (κ2) is 7.96. The molecule has 2 aromatic heterocycles. The number of hydrogen-bond acceptors (Lipinski definition) is 7. The highest BCUT2D eigenvalue weighted by molar-refractivity contribution is 7.04. The van der Waals surface area contributed by atoms with E-state index < -0.39 is 0 Å². The Bertz CT molecular complexity index is 982. The third-order valence-electron chi connectivity index (χ3n) is 3.79. The van der Waals surface area contributed by atoms with Crippen molar-refractivity contribution in [1.29, 1.82) is 0 Å². The Morgan fingerprint density at radius 1 is 1.27 bits per heavy atom. The molecule has 8 nitrogen and oxygen atoms in total. The molecule has 2 N–H and O–H groups in total. The van der Waals surface area contributed by atoms with Gasteiger partial charge in [0.25, 0.3) is 5.56 Å². The summed E-state index contributed by atoms with van der Waals surface area (Å²) in [5, 5.41) is 4.50. The first kappa shape index (κ1) is 17.9.